The Bertz CT molecular complexity index is 969. The quantitative estimate of drug-likeness (QED) is 0.423. The molecule has 3 heteroatoms. The third kappa shape index (κ3) is 4.32. The van der Waals surface area contributed by atoms with Crippen LogP contribution in [0.2, 0.25) is 0 Å². The van der Waals surface area contributed by atoms with Crippen LogP contribution in [0.1, 0.15) is 12.8 Å². The highest BCUT2D eigenvalue weighted by molar-refractivity contribution is 5.61. The van der Waals surface area contributed by atoms with Gasteiger partial charge in [0.15, 0.2) is 24.8 Å². The van der Waals surface area contributed by atoms with E-state index in [0.29, 0.717) is 5.92 Å². The maximum absolute atomic E-state index is 3.94. The third-order valence-electron chi connectivity index (χ3n) is 5.17. The van der Waals surface area contributed by atoms with E-state index in [9.17, 15) is 0 Å². The molecular weight excluding hydrogens is 342 g/mol. The lowest BCUT2D eigenvalue weighted by molar-refractivity contribution is -0.697. The van der Waals surface area contributed by atoms with E-state index in [1.165, 1.54) is 24.0 Å². The molecule has 1 aliphatic rings. The van der Waals surface area contributed by atoms with Crippen LogP contribution in [0.3, 0.4) is 0 Å². The van der Waals surface area contributed by atoms with Gasteiger partial charge in [-0.2, -0.15) is 4.57 Å². The Labute approximate surface area is 166 Å². The number of benzene rings is 1. The molecule has 138 valence electrons. The molecule has 28 heavy (non-hydrogen) atoms. The van der Waals surface area contributed by atoms with Crippen molar-refractivity contribution < 1.29 is 9.13 Å². The molecule has 0 unspecified atom stereocenters. The summed E-state index contributed by atoms with van der Waals surface area (Å²) in [5.74, 6) is 0.625. The van der Waals surface area contributed by atoms with Crippen molar-refractivity contribution in [3.63, 3.8) is 0 Å². The number of allylic oxidation sites excluding steroid dienone is 4. The number of rotatable bonds is 7. The normalized spacial score (nSPS) is 13.1. The second kappa shape index (κ2) is 8.57. The van der Waals surface area contributed by atoms with Crippen molar-refractivity contribution in [1.82, 2.24) is 0 Å². The minimum Gasteiger partial charge on any atom is -0.265 e. The molecule has 1 aromatic carbocycles. The highest BCUT2D eigenvalue weighted by atomic mass is 14.9. The van der Waals surface area contributed by atoms with Gasteiger partial charge in [0.2, 0.25) is 5.69 Å². The van der Waals surface area contributed by atoms with Crippen molar-refractivity contribution in [2.75, 3.05) is 0 Å². The van der Waals surface area contributed by atoms with Gasteiger partial charge < -0.3 is 0 Å². The molecule has 0 N–H and O–H groups in total. The van der Waals surface area contributed by atoms with E-state index >= 15 is 0 Å². The standard InChI is InChI=1S/C25H25N3/c1-26-24-8-10-25(11-9-24)28-19-14-23(15-20-28)22-12-17-27(18-13-22)16-4-7-21-5-2-3-6-21/h2-3,5-6,8-15,17-21H,1,4,7,16H2/q+2. The largest absolute Gasteiger partial charge is 0.265 e. The molecule has 0 aliphatic heterocycles. The molecule has 0 atom stereocenters. The maximum atomic E-state index is 3.94. The van der Waals surface area contributed by atoms with Crippen LogP contribution in [0.25, 0.3) is 16.8 Å². The number of aryl methyl sites for hydroxylation is 1. The van der Waals surface area contributed by atoms with Gasteiger partial charge in [-0.15, -0.1) is 0 Å². The van der Waals surface area contributed by atoms with Crippen LogP contribution < -0.4 is 9.13 Å². The molecule has 0 amide bonds. The van der Waals surface area contributed by atoms with E-state index in [4.69, 9.17) is 0 Å². The van der Waals surface area contributed by atoms with Crippen molar-refractivity contribution in [3.05, 3.63) is 97.6 Å². The molecule has 0 radical (unpaired) electrons. The zero-order valence-corrected chi connectivity index (χ0v) is 16.0. The molecule has 2 aromatic heterocycles. The van der Waals surface area contributed by atoms with Gasteiger partial charge in [0, 0.05) is 42.8 Å². The van der Waals surface area contributed by atoms with Gasteiger partial charge in [0.05, 0.1) is 5.69 Å². The average molecular weight is 367 g/mol. The summed E-state index contributed by atoms with van der Waals surface area (Å²) in [6.45, 7) is 4.61. The first-order valence-electron chi connectivity index (χ1n) is 9.75. The third-order valence-corrected chi connectivity index (χ3v) is 5.17. The summed E-state index contributed by atoms with van der Waals surface area (Å²) in [6, 6.07) is 16.7. The predicted octanol–water partition coefficient (Wildman–Crippen LogP) is 4.77. The Morgan fingerprint density at radius 2 is 1.39 bits per heavy atom. The average Bonchev–Trinajstić information content (AvgIpc) is 3.28. The lowest BCUT2D eigenvalue weighted by Gasteiger charge is -2.04. The fraction of sp³-hybridized carbons (Fsp3) is 0.160. The zero-order chi connectivity index (χ0) is 19.2. The Morgan fingerprint density at radius 3 is 2.00 bits per heavy atom. The van der Waals surface area contributed by atoms with Gasteiger partial charge in [-0.05, 0) is 42.3 Å². The first-order valence-corrected chi connectivity index (χ1v) is 9.75. The van der Waals surface area contributed by atoms with Crippen LogP contribution in [0.15, 0.2) is 103 Å². The van der Waals surface area contributed by atoms with Crippen molar-refractivity contribution >= 4 is 12.4 Å². The number of nitrogens with zero attached hydrogens (tertiary/aromatic N) is 3. The lowest BCUT2D eigenvalue weighted by Crippen LogP contribution is -2.32. The summed E-state index contributed by atoms with van der Waals surface area (Å²) in [5.41, 5.74) is 4.44. The molecule has 3 aromatic rings. The number of pyridine rings is 2. The summed E-state index contributed by atoms with van der Waals surface area (Å²) < 4.78 is 4.37. The topological polar surface area (TPSA) is 20.1 Å². The fourth-order valence-corrected chi connectivity index (χ4v) is 3.50. The maximum Gasteiger partial charge on any atom is 0.210 e. The van der Waals surface area contributed by atoms with E-state index in [-0.39, 0.29) is 0 Å². The molecule has 2 heterocycles. The molecule has 0 fully saturated rings. The van der Waals surface area contributed by atoms with Crippen LogP contribution in [-0.2, 0) is 6.54 Å². The smallest absolute Gasteiger partial charge is 0.210 e. The second-order valence-corrected chi connectivity index (χ2v) is 7.07. The zero-order valence-electron chi connectivity index (χ0n) is 16.0. The van der Waals surface area contributed by atoms with E-state index in [1.54, 1.807) is 0 Å². The monoisotopic (exact) mass is 367 g/mol. The first kappa shape index (κ1) is 18.1. The predicted molar refractivity (Wildman–Crippen MR) is 114 cm³/mol. The summed E-state index contributed by atoms with van der Waals surface area (Å²) in [7, 11) is 0. The van der Waals surface area contributed by atoms with Crippen molar-refractivity contribution in [3.8, 4) is 16.8 Å². The van der Waals surface area contributed by atoms with Crippen molar-refractivity contribution in [2.45, 2.75) is 19.4 Å². The van der Waals surface area contributed by atoms with Crippen LogP contribution in [0, 0.1) is 5.92 Å². The first-order chi connectivity index (χ1) is 13.8. The lowest BCUT2D eigenvalue weighted by atomic mass is 10.1. The van der Waals surface area contributed by atoms with Gasteiger partial charge in [0.25, 0.3) is 0 Å². The van der Waals surface area contributed by atoms with E-state index in [2.05, 4.69) is 94.2 Å². The minimum atomic E-state index is 0.625. The molecule has 4 rings (SSSR count). The Balaban J connectivity index is 1.38. The number of aromatic nitrogens is 2. The summed E-state index contributed by atoms with van der Waals surface area (Å²) >= 11 is 0. The van der Waals surface area contributed by atoms with E-state index < -0.39 is 0 Å². The Morgan fingerprint density at radius 1 is 0.786 bits per heavy atom. The van der Waals surface area contributed by atoms with Gasteiger partial charge in [-0.3, -0.25) is 4.99 Å². The Kier molecular flexibility index (Phi) is 5.53. The van der Waals surface area contributed by atoms with Gasteiger partial charge in [-0.1, -0.05) is 24.3 Å². The fourth-order valence-electron chi connectivity index (χ4n) is 3.50. The van der Waals surface area contributed by atoms with Crippen LogP contribution in [0.4, 0.5) is 5.69 Å². The number of hydrogen-bond acceptors (Lipinski definition) is 1. The van der Waals surface area contributed by atoms with Gasteiger partial charge in [-0.25, -0.2) is 4.57 Å². The van der Waals surface area contributed by atoms with Crippen LogP contribution >= 0.6 is 0 Å². The molecular formula is C25H25N3+2. The molecule has 1 aliphatic carbocycles. The van der Waals surface area contributed by atoms with Crippen LogP contribution in [-0.4, -0.2) is 6.72 Å². The van der Waals surface area contributed by atoms with E-state index in [1.807, 2.05) is 24.3 Å². The van der Waals surface area contributed by atoms with Crippen molar-refractivity contribution in [1.29, 1.82) is 0 Å². The Hall–Kier alpha value is -3.33. The summed E-state index contributed by atoms with van der Waals surface area (Å²) in [5, 5.41) is 0. The van der Waals surface area contributed by atoms with Gasteiger partial charge in [0.1, 0.15) is 6.54 Å². The second-order valence-electron chi connectivity index (χ2n) is 7.07. The summed E-state index contributed by atoms with van der Waals surface area (Å²) in [6.07, 6.45) is 19.8. The molecule has 0 saturated carbocycles. The van der Waals surface area contributed by atoms with Gasteiger partial charge >= 0.3 is 0 Å². The molecule has 0 spiro atoms. The van der Waals surface area contributed by atoms with E-state index in [0.717, 1.165) is 17.9 Å². The number of aliphatic imine (C=N–C) groups is 1. The summed E-state index contributed by atoms with van der Waals surface area (Å²) in [4.78, 5) is 3.94. The highest BCUT2D eigenvalue weighted by Crippen LogP contribution is 2.18. The minimum absolute atomic E-state index is 0.625. The van der Waals surface area contributed by atoms with Crippen LogP contribution in [0.5, 0.6) is 0 Å². The molecule has 0 bridgehead atoms. The SMILES string of the molecule is C=Nc1ccc(-[n+]2ccc(-c3cc[n+](CCCC4C=CC=C4)cc3)cc2)cc1. The molecule has 0 saturated heterocycles. The highest BCUT2D eigenvalue weighted by Gasteiger charge is 2.09. The number of hydrogen-bond donors (Lipinski definition) is 0. The molecule has 3 nitrogen and oxygen atoms in total. The van der Waals surface area contributed by atoms with Crippen molar-refractivity contribution in [2.24, 2.45) is 10.9 Å².